The lowest BCUT2D eigenvalue weighted by Crippen LogP contribution is -2.46. The highest BCUT2D eigenvalue weighted by molar-refractivity contribution is 6.09. The van der Waals surface area contributed by atoms with E-state index < -0.39 is 0 Å². The van der Waals surface area contributed by atoms with Crippen LogP contribution in [0.5, 0.6) is 0 Å². The van der Waals surface area contributed by atoms with E-state index in [1.54, 1.807) is 0 Å². The van der Waals surface area contributed by atoms with Gasteiger partial charge in [0.25, 0.3) is 11.8 Å². The van der Waals surface area contributed by atoms with Gasteiger partial charge in [0.2, 0.25) is 0 Å². The summed E-state index contributed by atoms with van der Waals surface area (Å²) in [5.41, 5.74) is 3.29. The third-order valence-corrected chi connectivity index (χ3v) is 7.14. The molecule has 0 spiro atoms. The van der Waals surface area contributed by atoms with Crippen LogP contribution in [0.25, 0.3) is 0 Å². The molecule has 3 aliphatic heterocycles. The number of piperidine rings is 1. The Morgan fingerprint density at radius 1 is 1.06 bits per heavy atom. The third-order valence-electron chi connectivity index (χ3n) is 7.14. The minimum Gasteiger partial charge on any atom is -0.334 e. The summed E-state index contributed by atoms with van der Waals surface area (Å²) in [6.45, 7) is 5.50. The van der Waals surface area contributed by atoms with Gasteiger partial charge in [-0.2, -0.15) is 0 Å². The predicted octanol–water partition coefficient (Wildman–Crippen LogP) is 4.99. The summed E-state index contributed by atoms with van der Waals surface area (Å²) < 4.78 is 13.3. The zero-order chi connectivity index (χ0) is 21.7. The fourth-order valence-corrected chi connectivity index (χ4v) is 5.84. The number of hydrogen-bond acceptors (Lipinski definition) is 2. The number of benzene rings is 2. The second-order valence-corrected chi connectivity index (χ2v) is 9.74. The zero-order valence-corrected chi connectivity index (χ0v) is 18.2. The molecule has 31 heavy (non-hydrogen) atoms. The number of rotatable bonds is 4. The maximum absolute atomic E-state index is 13.7. The van der Waals surface area contributed by atoms with Gasteiger partial charge in [0.1, 0.15) is 5.82 Å². The Bertz CT molecular complexity index is 1000. The van der Waals surface area contributed by atoms with Gasteiger partial charge < -0.3 is 9.80 Å². The van der Waals surface area contributed by atoms with E-state index in [4.69, 9.17) is 0 Å². The smallest absolute Gasteiger partial charge is 0.255 e. The fraction of sp³-hybridized carbons (Fsp3) is 0.462. The molecule has 2 bridgehead atoms. The van der Waals surface area contributed by atoms with E-state index in [1.807, 2.05) is 40.1 Å². The molecule has 5 rings (SSSR count). The van der Waals surface area contributed by atoms with E-state index >= 15 is 0 Å². The lowest BCUT2D eigenvalue weighted by atomic mass is 9.84. The Balaban J connectivity index is 1.39. The van der Waals surface area contributed by atoms with Crippen LogP contribution in [0.3, 0.4) is 0 Å². The van der Waals surface area contributed by atoms with Crippen molar-refractivity contribution in [3.05, 3.63) is 70.5 Å². The molecule has 2 fully saturated rings. The van der Waals surface area contributed by atoms with Crippen LogP contribution in [0.2, 0.25) is 0 Å². The highest BCUT2D eigenvalue weighted by atomic mass is 19.1. The van der Waals surface area contributed by atoms with Crippen molar-refractivity contribution >= 4 is 11.8 Å². The van der Waals surface area contributed by atoms with E-state index in [2.05, 4.69) is 13.8 Å². The number of carbonyl (C=O) groups excluding carboxylic acids is 2. The molecule has 2 saturated heterocycles. The van der Waals surface area contributed by atoms with Crippen molar-refractivity contribution in [1.82, 2.24) is 9.80 Å². The monoisotopic (exact) mass is 420 g/mol. The molecule has 2 aromatic rings. The van der Waals surface area contributed by atoms with Crippen molar-refractivity contribution in [3.8, 4) is 0 Å². The molecular weight excluding hydrogens is 391 g/mol. The summed E-state index contributed by atoms with van der Waals surface area (Å²) in [4.78, 5) is 30.7. The first-order chi connectivity index (χ1) is 14.9. The van der Waals surface area contributed by atoms with E-state index in [-0.39, 0.29) is 29.7 Å². The molecule has 162 valence electrons. The van der Waals surface area contributed by atoms with Crippen LogP contribution in [0.15, 0.2) is 42.5 Å². The first kappa shape index (κ1) is 20.2. The highest BCUT2D eigenvalue weighted by Crippen LogP contribution is 2.44. The first-order valence-electron chi connectivity index (χ1n) is 11.4. The van der Waals surface area contributed by atoms with Crippen LogP contribution in [0.1, 0.15) is 77.3 Å². The molecular formula is C26H29FN2O2. The Morgan fingerprint density at radius 2 is 1.74 bits per heavy atom. The van der Waals surface area contributed by atoms with Crippen LogP contribution in [-0.2, 0) is 6.54 Å². The largest absolute Gasteiger partial charge is 0.334 e. The van der Waals surface area contributed by atoms with Crippen LogP contribution in [0, 0.1) is 11.7 Å². The van der Waals surface area contributed by atoms with Gasteiger partial charge in [0.15, 0.2) is 0 Å². The van der Waals surface area contributed by atoms with Crippen molar-refractivity contribution in [2.75, 3.05) is 6.54 Å². The van der Waals surface area contributed by atoms with Crippen molar-refractivity contribution in [1.29, 1.82) is 0 Å². The molecule has 2 aromatic carbocycles. The van der Waals surface area contributed by atoms with Gasteiger partial charge in [-0.15, -0.1) is 0 Å². The number of fused-ring (bicyclic) bond motifs is 3. The molecule has 3 heterocycles. The van der Waals surface area contributed by atoms with E-state index in [1.165, 1.54) is 12.1 Å². The maximum atomic E-state index is 13.7. The van der Waals surface area contributed by atoms with Gasteiger partial charge in [-0.1, -0.05) is 38.1 Å². The Labute approximate surface area is 183 Å². The van der Waals surface area contributed by atoms with Crippen molar-refractivity contribution in [2.45, 2.75) is 64.1 Å². The lowest BCUT2D eigenvalue weighted by molar-refractivity contribution is 0.0565. The van der Waals surface area contributed by atoms with Gasteiger partial charge in [-0.3, -0.25) is 9.59 Å². The fourth-order valence-electron chi connectivity index (χ4n) is 5.84. The summed E-state index contributed by atoms with van der Waals surface area (Å²) in [7, 11) is 0. The van der Waals surface area contributed by atoms with E-state index in [9.17, 15) is 14.0 Å². The van der Waals surface area contributed by atoms with Crippen LogP contribution in [-0.4, -0.2) is 40.2 Å². The molecule has 0 aromatic heterocycles. The topological polar surface area (TPSA) is 40.6 Å². The molecule has 3 aliphatic rings. The standard InChI is InChI=1S/C26H29FN2O2/c1-16(2)14-28-15-18-4-3-5-23(24(18)26(28)31)25(30)29-21-10-11-22(29)13-19(12-21)17-6-8-20(27)9-7-17/h3-9,16,19,21-22H,10-15H2,1-2H3/t19-,21+,22-. The molecule has 2 amide bonds. The predicted molar refractivity (Wildman–Crippen MR) is 117 cm³/mol. The molecule has 0 saturated carbocycles. The average Bonchev–Trinajstić information content (AvgIpc) is 3.20. The lowest BCUT2D eigenvalue weighted by Gasteiger charge is -2.39. The zero-order valence-electron chi connectivity index (χ0n) is 18.2. The molecule has 3 atom stereocenters. The third kappa shape index (κ3) is 3.54. The molecule has 0 unspecified atom stereocenters. The maximum Gasteiger partial charge on any atom is 0.255 e. The first-order valence-corrected chi connectivity index (χ1v) is 11.4. The van der Waals surface area contributed by atoms with Crippen LogP contribution >= 0.6 is 0 Å². The van der Waals surface area contributed by atoms with Gasteiger partial charge in [0.05, 0.1) is 11.1 Å². The minimum atomic E-state index is -0.214. The minimum absolute atomic E-state index is 0.00153. The summed E-state index contributed by atoms with van der Waals surface area (Å²) in [5.74, 6) is 0.516. The van der Waals surface area contributed by atoms with Crippen LogP contribution < -0.4 is 0 Å². The summed E-state index contributed by atoms with van der Waals surface area (Å²) >= 11 is 0. The Kier molecular flexibility index (Phi) is 5.07. The second-order valence-electron chi connectivity index (χ2n) is 9.74. The summed E-state index contributed by atoms with van der Waals surface area (Å²) in [6, 6.07) is 12.9. The molecule has 5 heteroatoms. The van der Waals surface area contributed by atoms with E-state index in [0.717, 1.165) is 36.8 Å². The number of halogens is 1. The van der Waals surface area contributed by atoms with Gasteiger partial charge in [-0.25, -0.2) is 4.39 Å². The van der Waals surface area contributed by atoms with Gasteiger partial charge in [-0.05, 0) is 66.8 Å². The van der Waals surface area contributed by atoms with Crippen LogP contribution in [0.4, 0.5) is 4.39 Å². The summed E-state index contributed by atoms with van der Waals surface area (Å²) in [5, 5.41) is 0. The Hall–Kier alpha value is -2.69. The molecule has 0 radical (unpaired) electrons. The number of amides is 2. The SMILES string of the molecule is CC(C)CN1Cc2cccc(C(=O)N3[C@@H]4CC[C@H]3C[C@@H](c3ccc(F)cc3)C4)c2C1=O. The number of hydrogen-bond donors (Lipinski definition) is 0. The van der Waals surface area contributed by atoms with Gasteiger partial charge >= 0.3 is 0 Å². The molecule has 0 N–H and O–H groups in total. The summed E-state index contributed by atoms with van der Waals surface area (Å²) in [6.07, 6.45) is 3.79. The van der Waals surface area contributed by atoms with Crippen molar-refractivity contribution in [3.63, 3.8) is 0 Å². The molecule has 4 nitrogen and oxygen atoms in total. The highest BCUT2D eigenvalue weighted by Gasteiger charge is 2.45. The number of carbonyl (C=O) groups is 2. The Morgan fingerprint density at radius 3 is 2.39 bits per heavy atom. The normalized spacial score (nSPS) is 24.8. The van der Waals surface area contributed by atoms with E-state index in [0.29, 0.717) is 36.1 Å². The van der Waals surface area contributed by atoms with Gasteiger partial charge in [0, 0.05) is 25.2 Å². The number of nitrogens with zero attached hydrogens (tertiary/aromatic N) is 2. The van der Waals surface area contributed by atoms with Crippen molar-refractivity contribution < 1.29 is 14.0 Å². The second kappa shape index (κ2) is 7.77. The molecule has 0 aliphatic carbocycles. The quantitative estimate of drug-likeness (QED) is 0.699. The van der Waals surface area contributed by atoms with Crippen molar-refractivity contribution in [2.24, 2.45) is 5.92 Å². The average molecular weight is 421 g/mol.